The normalized spacial score (nSPS) is 9.42. The molecule has 0 saturated carbocycles. The van der Waals surface area contributed by atoms with Crippen LogP contribution in [0.15, 0.2) is 24.3 Å². The van der Waals surface area contributed by atoms with Gasteiger partial charge in [-0.1, -0.05) is 24.3 Å². The van der Waals surface area contributed by atoms with Gasteiger partial charge in [-0.15, -0.1) is 0 Å². The van der Waals surface area contributed by atoms with Crippen LogP contribution in [0.1, 0.15) is 11.1 Å². The Morgan fingerprint density at radius 2 is 2.17 bits per heavy atom. The number of aliphatic hydroxyl groups is 1. The molecule has 3 heteroatoms. The van der Waals surface area contributed by atoms with Gasteiger partial charge >= 0.3 is 0 Å². The van der Waals surface area contributed by atoms with E-state index in [1.165, 1.54) is 0 Å². The van der Waals surface area contributed by atoms with Gasteiger partial charge in [0.25, 0.3) is 0 Å². The van der Waals surface area contributed by atoms with Crippen LogP contribution in [0.5, 0.6) is 0 Å². The highest BCUT2D eigenvalue weighted by Crippen LogP contribution is 2.04. The van der Waals surface area contributed by atoms with Gasteiger partial charge in [-0.2, -0.15) is 0 Å². The lowest BCUT2D eigenvalue weighted by atomic mass is 10.1. The Morgan fingerprint density at radius 1 is 1.42 bits per heavy atom. The maximum atomic E-state index is 9.97. The maximum Gasteiger partial charge on any atom is 0.207 e. The van der Waals surface area contributed by atoms with Gasteiger partial charge in [-0.25, -0.2) is 0 Å². The third kappa shape index (κ3) is 2.36. The molecule has 0 spiro atoms. The number of rotatable bonds is 4. The number of aliphatic hydroxyl groups excluding tert-OH is 1. The van der Waals surface area contributed by atoms with E-state index in [-0.39, 0.29) is 6.61 Å². The lowest BCUT2D eigenvalue weighted by Crippen LogP contribution is -2.09. The Kier molecular flexibility index (Phi) is 3.29. The van der Waals surface area contributed by atoms with Gasteiger partial charge in [0.1, 0.15) is 0 Å². The van der Waals surface area contributed by atoms with Gasteiger partial charge < -0.3 is 10.4 Å². The molecule has 0 saturated heterocycles. The van der Waals surface area contributed by atoms with Crippen LogP contribution in [-0.4, -0.2) is 11.5 Å². The van der Waals surface area contributed by atoms with Crippen LogP contribution in [0, 0.1) is 0 Å². The lowest BCUT2D eigenvalue weighted by Gasteiger charge is -2.01. The van der Waals surface area contributed by atoms with E-state index in [0.717, 1.165) is 11.1 Å². The van der Waals surface area contributed by atoms with Crippen LogP contribution < -0.4 is 5.32 Å². The number of amides is 1. The Hall–Kier alpha value is -1.35. The number of hydrogen-bond donors (Lipinski definition) is 2. The fourth-order valence-corrected chi connectivity index (χ4v) is 0.997. The molecule has 1 aromatic rings. The predicted octanol–water partition coefficient (Wildman–Crippen LogP) is 0.425. The molecule has 2 N–H and O–H groups in total. The Bertz CT molecular complexity index is 260. The molecule has 0 aliphatic carbocycles. The van der Waals surface area contributed by atoms with Crippen molar-refractivity contribution in [1.82, 2.24) is 5.32 Å². The molecule has 0 radical (unpaired) electrons. The van der Waals surface area contributed by atoms with Crippen molar-refractivity contribution in [3.05, 3.63) is 35.4 Å². The molecule has 1 amide bonds. The lowest BCUT2D eigenvalue weighted by molar-refractivity contribution is -0.109. The van der Waals surface area contributed by atoms with Crippen LogP contribution in [-0.2, 0) is 17.9 Å². The second kappa shape index (κ2) is 4.51. The van der Waals surface area contributed by atoms with Crippen molar-refractivity contribution in [2.24, 2.45) is 0 Å². The summed E-state index contributed by atoms with van der Waals surface area (Å²) in [6, 6.07) is 7.45. The summed E-state index contributed by atoms with van der Waals surface area (Å²) in [6.45, 7) is 0.548. The third-order valence-corrected chi connectivity index (χ3v) is 1.56. The predicted molar refractivity (Wildman–Crippen MR) is 45.3 cm³/mol. The minimum atomic E-state index is 0.0366. The fraction of sp³-hybridized carbons (Fsp3) is 0.222. The monoisotopic (exact) mass is 165 g/mol. The van der Waals surface area contributed by atoms with Crippen molar-refractivity contribution in [1.29, 1.82) is 0 Å². The van der Waals surface area contributed by atoms with Crippen molar-refractivity contribution in [2.75, 3.05) is 0 Å². The van der Waals surface area contributed by atoms with Crippen molar-refractivity contribution in [3.63, 3.8) is 0 Å². The van der Waals surface area contributed by atoms with E-state index in [1.807, 2.05) is 24.3 Å². The second-order valence-corrected chi connectivity index (χ2v) is 2.48. The average molecular weight is 165 g/mol. The van der Waals surface area contributed by atoms with E-state index >= 15 is 0 Å². The van der Waals surface area contributed by atoms with Gasteiger partial charge in [-0.3, -0.25) is 4.79 Å². The molecule has 0 unspecified atom stereocenters. The van der Waals surface area contributed by atoms with Crippen LogP contribution in [0.2, 0.25) is 0 Å². The zero-order valence-corrected chi connectivity index (χ0v) is 6.66. The van der Waals surface area contributed by atoms with Crippen molar-refractivity contribution in [3.8, 4) is 0 Å². The van der Waals surface area contributed by atoms with E-state index in [2.05, 4.69) is 5.32 Å². The van der Waals surface area contributed by atoms with Crippen LogP contribution in [0.25, 0.3) is 0 Å². The summed E-state index contributed by atoms with van der Waals surface area (Å²) in [5.74, 6) is 0. The van der Waals surface area contributed by atoms with Crippen LogP contribution in [0.3, 0.4) is 0 Å². The number of carbonyl (C=O) groups is 1. The third-order valence-electron chi connectivity index (χ3n) is 1.56. The summed E-state index contributed by atoms with van der Waals surface area (Å²) in [5.41, 5.74) is 1.86. The van der Waals surface area contributed by atoms with Gasteiger partial charge in [0.2, 0.25) is 6.41 Å². The molecule has 0 heterocycles. The zero-order chi connectivity index (χ0) is 8.81. The highest BCUT2D eigenvalue weighted by Gasteiger charge is 1.93. The summed E-state index contributed by atoms with van der Waals surface area (Å²) in [7, 11) is 0. The van der Waals surface area contributed by atoms with Crippen molar-refractivity contribution >= 4 is 6.41 Å². The largest absolute Gasteiger partial charge is 0.392 e. The zero-order valence-electron chi connectivity index (χ0n) is 6.66. The molecule has 1 rings (SSSR count). The Labute approximate surface area is 71.0 Å². The summed E-state index contributed by atoms with van der Waals surface area (Å²) < 4.78 is 0. The van der Waals surface area contributed by atoms with Gasteiger partial charge in [-0.05, 0) is 11.1 Å². The number of benzene rings is 1. The van der Waals surface area contributed by atoms with E-state index in [0.29, 0.717) is 13.0 Å². The molecule has 0 bridgehead atoms. The minimum absolute atomic E-state index is 0.0366. The van der Waals surface area contributed by atoms with E-state index in [1.54, 1.807) is 0 Å². The number of hydrogen-bond acceptors (Lipinski definition) is 2. The molecule has 0 aromatic heterocycles. The number of carbonyl (C=O) groups excluding carboxylic acids is 1. The standard InChI is InChI=1S/C9H11NO2/c11-6-9-3-1-2-8(4-9)5-10-7-12/h1-4,7,11H,5-6H2,(H,10,12). The first-order valence-corrected chi connectivity index (χ1v) is 3.72. The molecule has 0 aliphatic rings. The summed E-state index contributed by atoms with van der Waals surface area (Å²) >= 11 is 0. The van der Waals surface area contributed by atoms with E-state index in [4.69, 9.17) is 5.11 Å². The molecular formula is C9H11NO2. The Morgan fingerprint density at radius 3 is 2.83 bits per heavy atom. The molecule has 64 valence electrons. The highest BCUT2D eigenvalue weighted by atomic mass is 16.3. The van der Waals surface area contributed by atoms with Gasteiger partial charge in [0.15, 0.2) is 0 Å². The van der Waals surface area contributed by atoms with Crippen molar-refractivity contribution < 1.29 is 9.90 Å². The van der Waals surface area contributed by atoms with Gasteiger partial charge in [0, 0.05) is 6.54 Å². The first-order valence-electron chi connectivity index (χ1n) is 3.72. The fourth-order valence-electron chi connectivity index (χ4n) is 0.997. The second-order valence-electron chi connectivity index (χ2n) is 2.48. The molecule has 12 heavy (non-hydrogen) atoms. The topological polar surface area (TPSA) is 49.3 Å². The molecule has 1 aromatic carbocycles. The van der Waals surface area contributed by atoms with Crippen LogP contribution >= 0.6 is 0 Å². The van der Waals surface area contributed by atoms with E-state index in [9.17, 15) is 4.79 Å². The summed E-state index contributed by atoms with van der Waals surface area (Å²) in [4.78, 5) is 9.97. The quantitative estimate of drug-likeness (QED) is 0.635. The average Bonchev–Trinajstić information content (AvgIpc) is 2.15. The SMILES string of the molecule is O=CNCc1cccc(CO)c1. The molecule has 0 aliphatic heterocycles. The maximum absolute atomic E-state index is 9.97. The number of nitrogens with one attached hydrogen (secondary N) is 1. The van der Waals surface area contributed by atoms with Crippen LogP contribution in [0.4, 0.5) is 0 Å². The highest BCUT2D eigenvalue weighted by molar-refractivity contribution is 5.46. The smallest absolute Gasteiger partial charge is 0.207 e. The van der Waals surface area contributed by atoms with Crippen molar-refractivity contribution in [2.45, 2.75) is 13.2 Å². The molecule has 0 fully saturated rings. The molecule has 3 nitrogen and oxygen atoms in total. The first kappa shape index (κ1) is 8.74. The molecule has 0 atom stereocenters. The first-order chi connectivity index (χ1) is 5.86. The molecular weight excluding hydrogens is 154 g/mol. The van der Waals surface area contributed by atoms with Gasteiger partial charge in [0.05, 0.1) is 6.61 Å². The Balaban J connectivity index is 2.65. The summed E-state index contributed by atoms with van der Waals surface area (Å²) in [5, 5.41) is 11.4. The minimum Gasteiger partial charge on any atom is -0.392 e. The summed E-state index contributed by atoms with van der Waals surface area (Å²) in [6.07, 6.45) is 0.658. The van der Waals surface area contributed by atoms with E-state index < -0.39 is 0 Å².